The number of halogens is 1. The Kier molecular flexibility index (Phi) is 9.55. The van der Waals surface area contributed by atoms with E-state index in [1.807, 2.05) is 26.0 Å². The molecule has 0 spiro atoms. The van der Waals surface area contributed by atoms with Crippen LogP contribution in [0, 0.1) is 5.82 Å². The van der Waals surface area contributed by atoms with Crippen molar-refractivity contribution in [3.05, 3.63) is 89.7 Å². The third kappa shape index (κ3) is 8.70. The van der Waals surface area contributed by atoms with Gasteiger partial charge in [-0.2, -0.15) is 5.10 Å². The number of anilines is 2. The summed E-state index contributed by atoms with van der Waals surface area (Å²) in [6.45, 7) is 3.40. The number of nitrogens with zero attached hydrogens (tertiary/aromatic N) is 2. The molecule has 0 saturated carbocycles. The number of hydrazone groups is 1. The lowest BCUT2D eigenvalue weighted by Gasteiger charge is -2.21. The van der Waals surface area contributed by atoms with Gasteiger partial charge in [0.1, 0.15) is 18.1 Å². The van der Waals surface area contributed by atoms with Crippen molar-refractivity contribution in [2.24, 2.45) is 5.10 Å². The second kappa shape index (κ2) is 12.8. The summed E-state index contributed by atoms with van der Waals surface area (Å²) in [6, 6.07) is 19.0. The van der Waals surface area contributed by atoms with Gasteiger partial charge in [-0.3, -0.25) is 13.9 Å². The van der Waals surface area contributed by atoms with Crippen LogP contribution in [0.5, 0.6) is 5.75 Å². The van der Waals surface area contributed by atoms with Crippen molar-refractivity contribution in [3.8, 4) is 5.75 Å². The summed E-state index contributed by atoms with van der Waals surface area (Å²) < 4.78 is 43.9. The van der Waals surface area contributed by atoms with Gasteiger partial charge in [-0.1, -0.05) is 26.0 Å². The number of benzene rings is 3. The largest absolute Gasteiger partial charge is 0.484 e. The van der Waals surface area contributed by atoms with E-state index >= 15 is 0 Å². The van der Waals surface area contributed by atoms with Gasteiger partial charge in [0.05, 0.1) is 18.2 Å². The first-order valence-corrected chi connectivity index (χ1v) is 13.5. The fourth-order valence-electron chi connectivity index (χ4n) is 3.30. The second-order valence-electron chi connectivity index (χ2n) is 8.72. The van der Waals surface area contributed by atoms with Crippen molar-refractivity contribution in [1.82, 2.24) is 5.43 Å². The van der Waals surface area contributed by atoms with Gasteiger partial charge in [0.25, 0.3) is 11.8 Å². The van der Waals surface area contributed by atoms with Gasteiger partial charge in [0.15, 0.2) is 6.61 Å². The fraction of sp³-hybridized carbons (Fsp3) is 0.222. The van der Waals surface area contributed by atoms with Crippen molar-refractivity contribution in [2.45, 2.75) is 19.8 Å². The van der Waals surface area contributed by atoms with Gasteiger partial charge in [-0.25, -0.2) is 18.2 Å². The number of hydrogen-bond donors (Lipinski definition) is 2. The number of amides is 2. The Bertz CT molecular complexity index is 1370. The summed E-state index contributed by atoms with van der Waals surface area (Å²) in [6.07, 6.45) is 2.43. The summed E-state index contributed by atoms with van der Waals surface area (Å²) in [7, 11) is -3.70. The Balaban J connectivity index is 1.50. The predicted octanol–water partition coefficient (Wildman–Crippen LogP) is 3.88. The number of hydrogen-bond acceptors (Lipinski definition) is 6. The minimum absolute atomic E-state index is 0.238. The van der Waals surface area contributed by atoms with Crippen molar-refractivity contribution >= 4 is 39.4 Å². The van der Waals surface area contributed by atoms with Crippen LogP contribution in [0.1, 0.15) is 30.9 Å². The maximum Gasteiger partial charge on any atom is 0.262 e. The first kappa shape index (κ1) is 28.3. The first-order chi connectivity index (χ1) is 18.0. The molecule has 0 aliphatic heterocycles. The van der Waals surface area contributed by atoms with E-state index in [-0.39, 0.29) is 6.61 Å². The van der Waals surface area contributed by atoms with E-state index in [0.717, 1.165) is 16.1 Å². The molecule has 0 saturated heterocycles. The Hall–Kier alpha value is -4.25. The SMILES string of the molecule is CC(C)c1ccc(N(CC(=O)N/N=C\c2ccc(OCC(=O)Nc3ccc(F)cc3)cc2)S(C)(=O)=O)cc1. The van der Waals surface area contributed by atoms with Crippen LogP contribution in [-0.2, 0) is 19.6 Å². The first-order valence-electron chi connectivity index (χ1n) is 11.7. The minimum Gasteiger partial charge on any atom is -0.484 e. The molecular weight excluding hydrogens is 511 g/mol. The zero-order valence-corrected chi connectivity index (χ0v) is 22.0. The summed E-state index contributed by atoms with van der Waals surface area (Å²) in [5.74, 6) is -0.671. The van der Waals surface area contributed by atoms with Crippen LogP contribution in [0.25, 0.3) is 0 Å². The highest BCUT2D eigenvalue weighted by Gasteiger charge is 2.20. The van der Waals surface area contributed by atoms with E-state index in [4.69, 9.17) is 4.74 Å². The van der Waals surface area contributed by atoms with Crippen molar-refractivity contribution in [1.29, 1.82) is 0 Å². The lowest BCUT2D eigenvalue weighted by atomic mass is 10.0. The van der Waals surface area contributed by atoms with Gasteiger partial charge < -0.3 is 10.1 Å². The van der Waals surface area contributed by atoms with E-state index in [0.29, 0.717) is 28.6 Å². The predicted molar refractivity (Wildman–Crippen MR) is 145 cm³/mol. The molecule has 0 heterocycles. The highest BCUT2D eigenvalue weighted by molar-refractivity contribution is 7.92. The molecule has 3 aromatic rings. The molecule has 0 aliphatic rings. The number of nitrogens with one attached hydrogen (secondary N) is 2. The van der Waals surface area contributed by atoms with Crippen LogP contribution in [0.15, 0.2) is 77.9 Å². The average molecular weight is 541 g/mol. The number of sulfonamides is 1. The highest BCUT2D eigenvalue weighted by atomic mass is 32.2. The molecule has 0 unspecified atom stereocenters. The molecule has 38 heavy (non-hydrogen) atoms. The summed E-state index contributed by atoms with van der Waals surface area (Å²) in [4.78, 5) is 24.4. The van der Waals surface area contributed by atoms with Crippen molar-refractivity contribution in [3.63, 3.8) is 0 Å². The maximum absolute atomic E-state index is 12.9. The number of carbonyl (C=O) groups excluding carboxylic acids is 2. The molecule has 0 atom stereocenters. The molecule has 0 bridgehead atoms. The highest BCUT2D eigenvalue weighted by Crippen LogP contribution is 2.22. The Labute approximate surface area is 221 Å². The van der Waals surface area contributed by atoms with E-state index in [1.165, 1.54) is 30.5 Å². The molecule has 0 fully saturated rings. The fourth-order valence-corrected chi connectivity index (χ4v) is 4.16. The zero-order valence-electron chi connectivity index (χ0n) is 21.2. The summed E-state index contributed by atoms with van der Waals surface area (Å²) in [5, 5.41) is 6.48. The number of ether oxygens (including phenoxy) is 1. The van der Waals surface area contributed by atoms with Gasteiger partial charge in [0.2, 0.25) is 10.0 Å². The van der Waals surface area contributed by atoms with Crippen LogP contribution in [0.4, 0.5) is 15.8 Å². The van der Waals surface area contributed by atoms with E-state index in [9.17, 15) is 22.4 Å². The third-order valence-corrected chi connectivity index (χ3v) is 6.46. The summed E-state index contributed by atoms with van der Waals surface area (Å²) in [5.41, 5.74) is 4.87. The van der Waals surface area contributed by atoms with Crippen LogP contribution in [0.3, 0.4) is 0 Å². The molecule has 9 nitrogen and oxygen atoms in total. The maximum atomic E-state index is 12.9. The molecule has 3 rings (SSSR count). The lowest BCUT2D eigenvalue weighted by Crippen LogP contribution is -2.39. The van der Waals surface area contributed by atoms with Gasteiger partial charge in [0, 0.05) is 5.69 Å². The van der Waals surface area contributed by atoms with Crippen LogP contribution >= 0.6 is 0 Å². The smallest absolute Gasteiger partial charge is 0.262 e. The van der Waals surface area contributed by atoms with Crippen molar-refractivity contribution in [2.75, 3.05) is 29.0 Å². The Morgan fingerprint density at radius 2 is 1.61 bits per heavy atom. The van der Waals surface area contributed by atoms with E-state index in [2.05, 4.69) is 15.8 Å². The minimum atomic E-state index is -3.70. The molecule has 0 aliphatic carbocycles. The van der Waals surface area contributed by atoms with Crippen LogP contribution in [-0.4, -0.2) is 45.9 Å². The third-order valence-electron chi connectivity index (χ3n) is 5.32. The number of rotatable bonds is 11. The standard InChI is InChI=1S/C27H29FN4O5S/c1-19(2)21-6-12-24(13-7-21)32(38(3,35)36)17-26(33)31-29-16-20-4-14-25(15-5-20)37-18-27(34)30-23-10-8-22(28)9-11-23/h4-16,19H,17-18H2,1-3H3,(H,30,34)(H,31,33)/b29-16-. The van der Waals surface area contributed by atoms with Gasteiger partial charge in [-0.15, -0.1) is 0 Å². The molecule has 3 aromatic carbocycles. The van der Waals surface area contributed by atoms with Gasteiger partial charge in [-0.05, 0) is 77.7 Å². The average Bonchev–Trinajstić information content (AvgIpc) is 2.87. The molecule has 2 N–H and O–H groups in total. The lowest BCUT2D eigenvalue weighted by molar-refractivity contribution is -0.119. The monoisotopic (exact) mass is 540 g/mol. The quantitative estimate of drug-likeness (QED) is 0.283. The van der Waals surface area contributed by atoms with E-state index < -0.39 is 34.2 Å². The van der Waals surface area contributed by atoms with Crippen LogP contribution < -0.4 is 19.8 Å². The molecule has 0 aromatic heterocycles. The van der Waals surface area contributed by atoms with Gasteiger partial charge >= 0.3 is 0 Å². The Morgan fingerprint density at radius 3 is 2.18 bits per heavy atom. The molecule has 0 radical (unpaired) electrons. The molecular formula is C27H29FN4O5S. The van der Waals surface area contributed by atoms with Crippen LogP contribution in [0.2, 0.25) is 0 Å². The van der Waals surface area contributed by atoms with Crippen molar-refractivity contribution < 1.29 is 27.1 Å². The topological polar surface area (TPSA) is 117 Å². The molecule has 200 valence electrons. The normalized spacial score (nSPS) is 11.4. The number of carbonyl (C=O) groups is 2. The second-order valence-corrected chi connectivity index (χ2v) is 10.6. The zero-order chi connectivity index (χ0) is 27.7. The Morgan fingerprint density at radius 1 is 0.974 bits per heavy atom. The molecule has 2 amide bonds. The van der Waals surface area contributed by atoms with E-state index in [1.54, 1.807) is 36.4 Å². The molecule has 11 heteroatoms. The summed E-state index contributed by atoms with van der Waals surface area (Å²) >= 11 is 0.